The minimum Gasteiger partial charge on any atom is -0.462 e. The normalized spacial score (nSPS) is 15.2. The number of anilines is 2. The highest BCUT2D eigenvalue weighted by molar-refractivity contribution is 7.36. The molecule has 0 spiro atoms. The molecule has 0 amide bonds. The van der Waals surface area contributed by atoms with E-state index in [2.05, 4.69) is 25.4 Å². The van der Waals surface area contributed by atoms with E-state index >= 15 is 0 Å². The van der Waals surface area contributed by atoms with E-state index in [4.69, 9.17) is 19.7 Å². The minimum atomic E-state index is -5.18. The van der Waals surface area contributed by atoms with Gasteiger partial charge in [-0.2, -0.15) is 23.1 Å². The molecule has 0 fully saturated rings. The van der Waals surface area contributed by atoms with Crippen LogP contribution in [0.3, 0.4) is 0 Å². The van der Waals surface area contributed by atoms with Crippen LogP contribution in [0, 0.1) is 0 Å². The SMILES string of the molecule is CNc1nc(N)nc2c1ncn2[C@@H](CF)O[C@H](CO[P+](=O)NCC(=O)OC(C)C)[C@@H](O)C(F)(F)F. The zero-order valence-electron chi connectivity index (χ0n) is 18.8. The summed E-state index contributed by atoms with van der Waals surface area (Å²) in [5.41, 5.74) is 5.69. The summed E-state index contributed by atoms with van der Waals surface area (Å²) in [5.74, 6) is -0.824. The molecule has 2 heterocycles. The standard InChI is InChI=1S/C17H25F4N7O6P/c1-8(2)33-11(29)5-25-35(31)32-6-9(13(30)17(19,20)21)34-10(4-18)28-7-24-12-14(23-3)26-16(22)27-15(12)28/h7-10,13,30H,4-6H2,1-3H3,(H,25,31)(H3,22,23,26,27)/q+1/t9-,10-,13-/m1/s1. The zero-order valence-corrected chi connectivity index (χ0v) is 19.7. The number of imidazole rings is 1. The second-order valence-electron chi connectivity index (χ2n) is 7.20. The fraction of sp³-hybridized carbons (Fsp3) is 0.647. The van der Waals surface area contributed by atoms with Gasteiger partial charge < -0.3 is 25.6 Å². The van der Waals surface area contributed by atoms with Gasteiger partial charge in [0, 0.05) is 7.05 Å². The monoisotopic (exact) mass is 530 g/mol. The third-order valence-corrected chi connectivity index (χ3v) is 5.01. The molecule has 2 rings (SSSR count). The molecule has 2 aromatic heterocycles. The van der Waals surface area contributed by atoms with Gasteiger partial charge in [0.05, 0.1) is 12.4 Å². The number of esters is 1. The lowest BCUT2D eigenvalue weighted by molar-refractivity contribution is -0.252. The van der Waals surface area contributed by atoms with E-state index in [-0.39, 0.29) is 22.9 Å². The van der Waals surface area contributed by atoms with Crippen molar-refractivity contribution in [3.05, 3.63) is 6.33 Å². The quantitative estimate of drug-likeness (QED) is 0.167. The van der Waals surface area contributed by atoms with Crippen LogP contribution in [0.15, 0.2) is 6.33 Å². The molecule has 2 aromatic rings. The lowest BCUT2D eigenvalue weighted by atomic mass is 10.2. The van der Waals surface area contributed by atoms with Gasteiger partial charge in [-0.1, -0.05) is 5.09 Å². The second kappa shape index (κ2) is 12.3. The molecule has 0 aliphatic heterocycles. The summed E-state index contributed by atoms with van der Waals surface area (Å²) in [7, 11) is -1.35. The van der Waals surface area contributed by atoms with E-state index in [1.807, 2.05) is 0 Å². The third kappa shape index (κ3) is 7.90. The number of alkyl halides is 4. The molecule has 0 saturated carbocycles. The number of nitrogens with two attached hydrogens (primary N) is 1. The Morgan fingerprint density at radius 2 is 2.03 bits per heavy atom. The largest absolute Gasteiger partial charge is 0.613 e. The van der Waals surface area contributed by atoms with Crippen LogP contribution < -0.4 is 16.1 Å². The first kappa shape index (κ1) is 28.5. The van der Waals surface area contributed by atoms with E-state index in [1.165, 1.54) is 7.05 Å². The lowest BCUT2D eigenvalue weighted by Gasteiger charge is -2.27. The number of hydrogen-bond donors (Lipinski definition) is 4. The molecule has 18 heteroatoms. The second-order valence-corrected chi connectivity index (χ2v) is 8.29. The van der Waals surface area contributed by atoms with Crippen LogP contribution in [0.2, 0.25) is 0 Å². The van der Waals surface area contributed by atoms with Crippen LogP contribution in [-0.2, 0) is 23.4 Å². The van der Waals surface area contributed by atoms with Crippen molar-refractivity contribution in [2.75, 3.05) is 37.9 Å². The molecule has 196 valence electrons. The predicted molar refractivity (Wildman–Crippen MR) is 114 cm³/mol. The number of ether oxygens (including phenoxy) is 2. The van der Waals surface area contributed by atoms with E-state index in [0.29, 0.717) is 0 Å². The average Bonchev–Trinajstić information content (AvgIpc) is 3.19. The number of aliphatic hydroxyl groups excluding tert-OH is 1. The van der Waals surface area contributed by atoms with Crippen molar-refractivity contribution in [3.8, 4) is 0 Å². The maximum atomic E-state index is 13.9. The molecule has 35 heavy (non-hydrogen) atoms. The van der Waals surface area contributed by atoms with E-state index in [1.54, 1.807) is 13.8 Å². The fourth-order valence-electron chi connectivity index (χ4n) is 2.73. The Bertz CT molecular complexity index is 1020. The van der Waals surface area contributed by atoms with Crippen molar-refractivity contribution < 1.29 is 46.0 Å². The summed E-state index contributed by atoms with van der Waals surface area (Å²) in [5, 5.41) is 14.6. The number of nitrogens with one attached hydrogen (secondary N) is 2. The van der Waals surface area contributed by atoms with Gasteiger partial charge in [0.1, 0.15) is 25.9 Å². The third-order valence-electron chi connectivity index (χ3n) is 4.21. The number of aliphatic hydroxyl groups is 1. The number of nitrogen functional groups attached to an aromatic ring is 1. The van der Waals surface area contributed by atoms with E-state index < -0.39 is 64.7 Å². The summed E-state index contributed by atoms with van der Waals surface area (Å²) >= 11 is 0. The van der Waals surface area contributed by atoms with Crippen LogP contribution in [0.1, 0.15) is 20.1 Å². The van der Waals surface area contributed by atoms with Gasteiger partial charge in [-0.15, -0.1) is 4.52 Å². The Kier molecular flexibility index (Phi) is 10.0. The Labute approximate surface area is 197 Å². The number of nitrogens with zero attached hydrogens (tertiary/aromatic N) is 4. The Morgan fingerprint density at radius 1 is 1.34 bits per heavy atom. The van der Waals surface area contributed by atoms with Crippen molar-refractivity contribution in [1.29, 1.82) is 0 Å². The molecule has 5 N–H and O–H groups in total. The van der Waals surface area contributed by atoms with Gasteiger partial charge in [-0.25, -0.2) is 9.37 Å². The molecular weight excluding hydrogens is 505 g/mol. The van der Waals surface area contributed by atoms with Gasteiger partial charge in [-0.05, 0) is 18.4 Å². The van der Waals surface area contributed by atoms with Crippen LogP contribution in [0.4, 0.5) is 29.3 Å². The number of rotatable bonds is 13. The topological polar surface area (TPSA) is 176 Å². The summed E-state index contributed by atoms with van der Waals surface area (Å²) in [6.07, 6.45) is -11.7. The van der Waals surface area contributed by atoms with Gasteiger partial charge in [0.25, 0.3) is 0 Å². The number of aromatic nitrogens is 4. The van der Waals surface area contributed by atoms with Crippen molar-refractivity contribution in [2.45, 2.75) is 44.6 Å². The molecule has 0 radical (unpaired) electrons. The summed E-state index contributed by atoms with van der Waals surface area (Å²) < 4.78 is 81.2. The lowest BCUT2D eigenvalue weighted by Crippen LogP contribution is -2.45. The van der Waals surface area contributed by atoms with Crippen molar-refractivity contribution in [3.63, 3.8) is 0 Å². The molecule has 4 atom stereocenters. The number of hydrogen-bond acceptors (Lipinski definition) is 11. The molecule has 1 unspecified atom stereocenters. The Morgan fingerprint density at radius 3 is 2.60 bits per heavy atom. The van der Waals surface area contributed by atoms with E-state index in [0.717, 1.165) is 10.9 Å². The van der Waals surface area contributed by atoms with E-state index in [9.17, 15) is 32.0 Å². The average molecular weight is 530 g/mol. The van der Waals surface area contributed by atoms with Gasteiger partial charge in [0.15, 0.2) is 29.3 Å². The summed E-state index contributed by atoms with van der Waals surface area (Å²) in [4.78, 5) is 23.3. The highest BCUT2D eigenvalue weighted by Gasteiger charge is 2.46. The maximum Gasteiger partial charge on any atom is 0.613 e. The number of fused-ring (bicyclic) bond motifs is 1. The molecular formula is C17H25F4N7O6P+. The Balaban J connectivity index is 2.19. The van der Waals surface area contributed by atoms with Crippen molar-refractivity contribution in [1.82, 2.24) is 24.6 Å². The van der Waals surface area contributed by atoms with Crippen LogP contribution in [0.25, 0.3) is 11.2 Å². The minimum absolute atomic E-state index is 0.0536. The maximum absolute atomic E-state index is 13.9. The fourth-order valence-corrected chi connectivity index (χ4v) is 3.36. The predicted octanol–water partition coefficient (Wildman–Crippen LogP) is 1.44. The molecule has 0 aromatic carbocycles. The van der Waals surface area contributed by atoms with Gasteiger partial charge >= 0.3 is 20.3 Å². The first-order valence-corrected chi connectivity index (χ1v) is 11.2. The van der Waals surface area contributed by atoms with Crippen LogP contribution in [0.5, 0.6) is 0 Å². The smallest absolute Gasteiger partial charge is 0.462 e. The van der Waals surface area contributed by atoms with Crippen LogP contribution in [-0.4, -0.2) is 82.0 Å². The molecule has 0 aliphatic rings. The highest BCUT2D eigenvalue weighted by Crippen LogP contribution is 2.30. The summed E-state index contributed by atoms with van der Waals surface area (Å²) in [6, 6.07) is 0. The summed E-state index contributed by atoms with van der Waals surface area (Å²) in [6.45, 7) is 0.170. The van der Waals surface area contributed by atoms with Crippen molar-refractivity contribution >= 4 is 37.1 Å². The molecule has 0 aliphatic carbocycles. The van der Waals surface area contributed by atoms with Gasteiger partial charge in [-0.3, -0.25) is 9.36 Å². The number of carbonyl (C=O) groups excluding carboxylic acids is 1. The van der Waals surface area contributed by atoms with Crippen LogP contribution >= 0.6 is 8.18 Å². The van der Waals surface area contributed by atoms with Crippen molar-refractivity contribution in [2.24, 2.45) is 0 Å². The van der Waals surface area contributed by atoms with Gasteiger partial charge in [0.2, 0.25) is 5.95 Å². The zero-order chi connectivity index (χ0) is 26.3. The molecule has 0 saturated heterocycles. The molecule has 0 bridgehead atoms. The number of halogens is 4. The molecule has 13 nitrogen and oxygen atoms in total. The Hall–Kier alpha value is -2.72. The first-order valence-electron chi connectivity index (χ1n) is 10.0. The number of carbonyl (C=O) groups is 1. The first-order chi connectivity index (χ1) is 16.4. The highest BCUT2D eigenvalue weighted by atomic mass is 31.1.